The maximum Gasteiger partial charge on any atom is 0.155 e. The van der Waals surface area contributed by atoms with Gasteiger partial charge in [-0.15, -0.1) is 0 Å². The van der Waals surface area contributed by atoms with Gasteiger partial charge in [-0.1, -0.05) is 6.92 Å². The fraction of sp³-hybridized carbons (Fsp3) is 0.909. The molecule has 16 heavy (non-hydrogen) atoms. The van der Waals surface area contributed by atoms with Gasteiger partial charge in [0.15, 0.2) is 5.78 Å². The van der Waals surface area contributed by atoms with Crippen LogP contribution in [0.25, 0.3) is 0 Å². The van der Waals surface area contributed by atoms with Crippen LogP contribution in [0.3, 0.4) is 0 Å². The number of hydrogen-bond donors (Lipinski definition) is 2. The van der Waals surface area contributed by atoms with Gasteiger partial charge < -0.3 is 19.9 Å². The van der Waals surface area contributed by atoms with Crippen LogP contribution >= 0.6 is 0 Å². The number of hydrogen-bond acceptors (Lipinski definition) is 5. The number of aliphatic hydroxyl groups is 1. The number of likely N-dealkylation sites (N-methyl/N-ethyl adjacent to an activating group) is 1. The maximum atomic E-state index is 10.1. The van der Waals surface area contributed by atoms with E-state index in [2.05, 4.69) is 17.0 Å². The Labute approximate surface area is 98.1 Å². The van der Waals surface area contributed by atoms with Gasteiger partial charge in [-0.05, 0) is 20.4 Å². The quantitative estimate of drug-likeness (QED) is 0.559. The van der Waals surface area contributed by atoms with Gasteiger partial charge in [-0.25, -0.2) is 0 Å². The summed E-state index contributed by atoms with van der Waals surface area (Å²) >= 11 is 0. The summed E-state index contributed by atoms with van der Waals surface area (Å²) in [6.45, 7) is 6.58. The van der Waals surface area contributed by atoms with E-state index < -0.39 is 0 Å². The molecule has 0 fully saturated rings. The van der Waals surface area contributed by atoms with Crippen molar-refractivity contribution in [1.82, 2.24) is 5.32 Å². The largest absolute Gasteiger partial charge is 0.394 e. The Balaban J connectivity index is 0. The minimum absolute atomic E-state index is 0.0153. The molecule has 0 bridgehead atoms. The van der Waals surface area contributed by atoms with Crippen molar-refractivity contribution in [2.75, 3.05) is 46.6 Å². The SMILES string of the molecule is CC(=O)COCCO.CCCOCCNC. The predicted octanol–water partition coefficient (Wildman–Crippen LogP) is 0.217. The van der Waals surface area contributed by atoms with E-state index in [4.69, 9.17) is 9.84 Å². The molecule has 2 N–H and O–H groups in total. The molecule has 5 nitrogen and oxygen atoms in total. The van der Waals surface area contributed by atoms with Gasteiger partial charge in [0, 0.05) is 13.2 Å². The van der Waals surface area contributed by atoms with Gasteiger partial charge in [0.05, 0.1) is 19.8 Å². The lowest BCUT2D eigenvalue weighted by atomic mass is 10.5. The average Bonchev–Trinajstić information content (AvgIpc) is 2.25. The molecule has 5 heteroatoms. The van der Waals surface area contributed by atoms with Crippen LogP contribution < -0.4 is 5.32 Å². The fourth-order valence-corrected chi connectivity index (χ4v) is 0.701. The molecule has 0 aliphatic carbocycles. The molecular formula is C11H25NO4. The summed E-state index contributed by atoms with van der Waals surface area (Å²) in [7, 11) is 1.93. The maximum absolute atomic E-state index is 10.1. The van der Waals surface area contributed by atoms with Gasteiger partial charge >= 0.3 is 0 Å². The average molecular weight is 235 g/mol. The zero-order chi connectivity index (χ0) is 12.6. The molecule has 0 heterocycles. The van der Waals surface area contributed by atoms with Crippen LogP contribution in [0.5, 0.6) is 0 Å². The molecule has 0 rings (SSSR count). The zero-order valence-corrected chi connectivity index (χ0v) is 10.6. The van der Waals surface area contributed by atoms with Gasteiger partial charge in [-0.3, -0.25) is 4.79 Å². The Morgan fingerprint density at radius 2 is 1.94 bits per heavy atom. The molecule has 0 spiro atoms. The third kappa shape index (κ3) is 23.4. The molecule has 0 aromatic carbocycles. The summed E-state index contributed by atoms with van der Waals surface area (Å²) in [6.07, 6.45) is 1.11. The van der Waals surface area contributed by atoms with Crippen molar-refractivity contribution in [2.24, 2.45) is 0 Å². The fourth-order valence-electron chi connectivity index (χ4n) is 0.701. The number of aliphatic hydroxyl groups excluding tert-OH is 1. The zero-order valence-electron chi connectivity index (χ0n) is 10.6. The first kappa shape index (κ1) is 17.9. The molecule has 0 aliphatic heterocycles. The van der Waals surface area contributed by atoms with Crippen molar-refractivity contribution in [3.63, 3.8) is 0 Å². The highest BCUT2D eigenvalue weighted by atomic mass is 16.5. The molecule has 0 aromatic rings. The second-order valence-corrected chi connectivity index (χ2v) is 3.19. The number of carbonyl (C=O) groups is 1. The molecule has 98 valence electrons. The van der Waals surface area contributed by atoms with Crippen molar-refractivity contribution < 1.29 is 19.4 Å². The number of ketones is 1. The second kappa shape index (κ2) is 16.9. The van der Waals surface area contributed by atoms with Gasteiger partial charge in [0.2, 0.25) is 0 Å². The highest BCUT2D eigenvalue weighted by molar-refractivity contribution is 5.76. The van der Waals surface area contributed by atoms with Crippen molar-refractivity contribution in [3.05, 3.63) is 0 Å². The Morgan fingerprint density at radius 3 is 2.38 bits per heavy atom. The van der Waals surface area contributed by atoms with Crippen LogP contribution in [0.1, 0.15) is 20.3 Å². The third-order valence-corrected chi connectivity index (χ3v) is 1.39. The molecule has 0 saturated carbocycles. The normalized spacial score (nSPS) is 9.50. The van der Waals surface area contributed by atoms with E-state index in [1.54, 1.807) is 0 Å². The van der Waals surface area contributed by atoms with E-state index in [1.165, 1.54) is 6.92 Å². The molecule has 0 amide bonds. The molecule has 0 radical (unpaired) electrons. The summed E-state index contributed by atoms with van der Waals surface area (Å²) in [5.74, 6) is -0.0153. The number of Topliss-reactive ketones (excluding diaryl/α,β-unsaturated/α-hetero) is 1. The first-order chi connectivity index (χ1) is 7.68. The first-order valence-electron chi connectivity index (χ1n) is 5.59. The van der Waals surface area contributed by atoms with Crippen molar-refractivity contribution >= 4 is 5.78 Å². The number of carbonyl (C=O) groups excluding carboxylic acids is 1. The summed E-state index contributed by atoms with van der Waals surface area (Å²) in [5.41, 5.74) is 0. The Bertz CT molecular complexity index is 136. The number of nitrogens with one attached hydrogen (secondary N) is 1. The minimum atomic E-state index is -0.0206. The topological polar surface area (TPSA) is 67.8 Å². The van der Waals surface area contributed by atoms with Crippen LogP contribution in [0.4, 0.5) is 0 Å². The second-order valence-electron chi connectivity index (χ2n) is 3.19. The van der Waals surface area contributed by atoms with Crippen LogP contribution in [-0.2, 0) is 14.3 Å². The molecule has 0 aromatic heterocycles. The van der Waals surface area contributed by atoms with E-state index in [9.17, 15) is 4.79 Å². The minimum Gasteiger partial charge on any atom is -0.394 e. The summed E-state index contributed by atoms with van der Waals surface area (Å²) < 4.78 is 9.81. The monoisotopic (exact) mass is 235 g/mol. The van der Waals surface area contributed by atoms with Crippen LogP contribution in [0, 0.1) is 0 Å². The molecular weight excluding hydrogens is 210 g/mol. The predicted molar refractivity (Wildman–Crippen MR) is 63.6 cm³/mol. The Morgan fingerprint density at radius 1 is 1.25 bits per heavy atom. The van der Waals surface area contributed by atoms with Crippen LogP contribution in [-0.4, -0.2) is 57.5 Å². The standard InChI is InChI=1S/C6H15NO.C5H10O3/c1-3-5-8-6-4-7-2;1-5(7)4-8-3-2-6/h7H,3-6H2,1-2H3;6H,2-4H2,1H3. The van der Waals surface area contributed by atoms with Gasteiger partial charge in [0.25, 0.3) is 0 Å². The van der Waals surface area contributed by atoms with Gasteiger partial charge in [-0.2, -0.15) is 0 Å². The smallest absolute Gasteiger partial charge is 0.155 e. The van der Waals surface area contributed by atoms with E-state index in [-0.39, 0.29) is 25.6 Å². The summed E-state index contributed by atoms with van der Waals surface area (Å²) in [6, 6.07) is 0. The Hall–Kier alpha value is -0.490. The summed E-state index contributed by atoms with van der Waals surface area (Å²) in [4.78, 5) is 10.1. The lowest BCUT2D eigenvalue weighted by Crippen LogP contribution is -2.14. The van der Waals surface area contributed by atoms with E-state index in [1.807, 2.05) is 7.05 Å². The lowest BCUT2D eigenvalue weighted by molar-refractivity contribution is -0.121. The molecule has 0 unspecified atom stereocenters. The lowest BCUT2D eigenvalue weighted by Gasteiger charge is -1.98. The number of ether oxygens (including phenoxy) is 2. The number of rotatable bonds is 9. The summed E-state index contributed by atoms with van der Waals surface area (Å²) in [5, 5.41) is 11.1. The molecule has 0 aliphatic rings. The van der Waals surface area contributed by atoms with Crippen molar-refractivity contribution in [3.8, 4) is 0 Å². The molecule has 0 atom stereocenters. The van der Waals surface area contributed by atoms with E-state index in [0.29, 0.717) is 0 Å². The Kier molecular flexibility index (Phi) is 18.9. The molecule has 0 saturated heterocycles. The van der Waals surface area contributed by atoms with Crippen molar-refractivity contribution in [2.45, 2.75) is 20.3 Å². The van der Waals surface area contributed by atoms with E-state index >= 15 is 0 Å². The van der Waals surface area contributed by atoms with Crippen LogP contribution in [0.15, 0.2) is 0 Å². The first-order valence-corrected chi connectivity index (χ1v) is 5.59. The highest BCUT2D eigenvalue weighted by Crippen LogP contribution is 1.76. The van der Waals surface area contributed by atoms with Crippen LogP contribution in [0.2, 0.25) is 0 Å². The third-order valence-electron chi connectivity index (χ3n) is 1.39. The van der Waals surface area contributed by atoms with Gasteiger partial charge in [0.1, 0.15) is 6.61 Å². The van der Waals surface area contributed by atoms with Crippen molar-refractivity contribution in [1.29, 1.82) is 0 Å². The van der Waals surface area contributed by atoms with E-state index in [0.717, 1.165) is 26.2 Å². The highest BCUT2D eigenvalue weighted by Gasteiger charge is 1.89.